The van der Waals surface area contributed by atoms with Crippen LogP contribution in [0.1, 0.15) is 18.9 Å². The number of aryl methyl sites for hydroxylation is 1. The molecule has 1 aliphatic heterocycles. The number of aromatic nitrogens is 4. The Balaban J connectivity index is 2.12. The molecule has 0 radical (unpaired) electrons. The Kier molecular flexibility index (Phi) is 2.74. The lowest BCUT2D eigenvalue weighted by molar-refractivity contribution is 0.155. The van der Waals surface area contributed by atoms with Crippen LogP contribution < -0.4 is 5.73 Å². The van der Waals surface area contributed by atoms with Crippen LogP contribution in [0.4, 0.5) is 5.69 Å². The van der Waals surface area contributed by atoms with E-state index in [1.54, 1.807) is 0 Å². The van der Waals surface area contributed by atoms with Gasteiger partial charge in [-0.3, -0.25) is 0 Å². The van der Waals surface area contributed by atoms with Crippen LogP contribution in [-0.4, -0.2) is 33.4 Å². The van der Waals surface area contributed by atoms with Gasteiger partial charge in [0, 0.05) is 17.9 Å². The third-order valence-electron chi connectivity index (χ3n) is 3.74. The summed E-state index contributed by atoms with van der Waals surface area (Å²) in [5.74, 6) is 0.703. The standard InChI is InChI=1S/C13H17N5O/c1-9-4-3-5-10(11(9)14)12-15-16-17-18(12)13(2)6-7-19-8-13/h3-5H,6-8,14H2,1-2H3. The molecule has 0 saturated carbocycles. The minimum absolute atomic E-state index is 0.199. The van der Waals surface area contributed by atoms with Crippen molar-refractivity contribution in [2.75, 3.05) is 18.9 Å². The number of anilines is 1. The summed E-state index contributed by atoms with van der Waals surface area (Å²) < 4.78 is 7.32. The Morgan fingerprint density at radius 2 is 2.26 bits per heavy atom. The average molecular weight is 259 g/mol. The maximum atomic E-state index is 6.14. The molecule has 1 aliphatic rings. The fourth-order valence-electron chi connectivity index (χ4n) is 2.42. The average Bonchev–Trinajstić information content (AvgIpc) is 3.02. The number of nitrogen functional groups attached to an aromatic ring is 1. The second-order valence-electron chi connectivity index (χ2n) is 5.25. The Morgan fingerprint density at radius 1 is 1.42 bits per heavy atom. The molecule has 1 fully saturated rings. The molecule has 1 atom stereocenters. The highest BCUT2D eigenvalue weighted by atomic mass is 16.5. The number of hydrogen-bond acceptors (Lipinski definition) is 5. The van der Waals surface area contributed by atoms with Gasteiger partial charge in [0.1, 0.15) is 0 Å². The fourth-order valence-corrected chi connectivity index (χ4v) is 2.42. The van der Waals surface area contributed by atoms with Crippen molar-refractivity contribution in [3.05, 3.63) is 23.8 Å². The monoisotopic (exact) mass is 259 g/mol. The zero-order valence-corrected chi connectivity index (χ0v) is 11.1. The van der Waals surface area contributed by atoms with Gasteiger partial charge in [0.05, 0.1) is 12.1 Å². The maximum absolute atomic E-state index is 6.14. The largest absolute Gasteiger partial charge is 0.398 e. The van der Waals surface area contributed by atoms with Crippen molar-refractivity contribution >= 4 is 5.69 Å². The van der Waals surface area contributed by atoms with Crippen LogP contribution in [0.2, 0.25) is 0 Å². The van der Waals surface area contributed by atoms with E-state index < -0.39 is 0 Å². The van der Waals surface area contributed by atoms with Crippen molar-refractivity contribution in [1.82, 2.24) is 20.2 Å². The van der Waals surface area contributed by atoms with E-state index in [1.807, 2.05) is 29.8 Å². The van der Waals surface area contributed by atoms with Gasteiger partial charge in [-0.15, -0.1) is 5.10 Å². The second-order valence-corrected chi connectivity index (χ2v) is 5.25. The number of nitrogens with zero attached hydrogens (tertiary/aromatic N) is 4. The van der Waals surface area contributed by atoms with Gasteiger partial charge >= 0.3 is 0 Å². The molecule has 1 aromatic heterocycles. The molecule has 2 heterocycles. The van der Waals surface area contributed by atoms with Gasteiger partial charge in [0.15, 0.2) is 5.82 Å². The Labute approximate surface area is 111 Å². The Hall–Kier alpha value is -1.95. The first-order valence-electron chi connectivity index (χ1n) is 6.34. The van der Waals surface area contributed by atoms with Gasteiger partial charge in [-0.2, -0.15) is 0 Å². The predicted octanol–water partition coefficient (Wildman–Crippen LogP) is 1.37. The van der Waals surface area contributed by atoms with Gasteiger partial charge in [-0.05, 0) is 42.3 Å². The van der Waals surface area contributed by atoms with Crippen LogP contribution in [-0.2, 0) is 10.3 Å². The SMILES string of the molecule is Cc1cccc(-c2nnnn2C2(C)CCOC2)c1N. The van der Waals surface area contributed by atoms with E-state index in [-0.39, 0.29) is 5.54 Å². The molecule has 2 aromatic rings. The van der Waals surface area contributed by atoms with E-state index in [1.165, 1.54) is 0 Å². The summed E-state index contributed by atoms with van der Waals surface area (Å²) in [6, 6.07) is 5.89. The number of nitrogens with two attached hydrogens (primary N) is 1. The summed E-state index contributed by atoms with van der Waals surface area (Å²) >= 11 is 0. The van der Waals surface area contributed by atoms with Crippen molar-refractivity contribution in [2.24, 2.45) is 0 Å². The molecular formula is C13H17N5O. The van der Waals surface area contributed by atoms with E-state index in [9.17, 15) is 0 Å². The molecule has 6 heteroatoms. The maximum Gasteiger partial charge on any atom is 0.184 e. The number of ether oxygens (including phenoxy) is 1. The van der Waals surface area contributed by atoms with Gasteiger partial charge in [-0.25, -0.2) is 4.68 Å². The summed E-state index contributed by atoms with van der Waals surface area (Å²) in [5, 5.41) is 12.1. The Bertz CT molecular complexity index is 601. The van der Waals surface area contributed by atoms with Gasteiger partial charge in [0.25, 0.3) is 0 Å². The molecule has 0 bridgehead atoms. The highest BCUT2D eigenvalue weighted by Crippen LogP contribution is 2.32. The summed E-state index contributed by atoms with van der Waals surface area (Å²) in [7, 11) is 0. The van der Waals surface area contributed by atoms with Gasteiger partial charge in [-0.1, -0.05) is 12.1 Å². The van der Waals surface area contributed by atoms with Crippen molar-refractivity contribution in [1.29, 1.82) is 0 Å². The summed E-state index contributed by atoms with van der Waals surface area (Å²) in [4.78, 5) is 0. The zero-order valence-electron chi connectivity index (χ0n) is 11.1. The molecule has 0 aliphatic carbocycles. The molecule has 1 unspecified atom stereocenters. The fraction of sp³-hybridized carbons (Fsp3) is 0.462. The second kappa shape index (κ2) is 4.31. The van der Waals surface area contributed by atoms with Crippen molar-refractivity contribution < 1.29 is 4.74 Å². The topological polar surface area (TPSA) is 78.8 Å². The summed E-state index contributed by atoms with van der Waals surface area (Å²) in [6.45, 7) is 5.44. The van der Waals surface area contributed by atoms with E-state index in [0.29, 0.717) is 12.4 Å². The molecule has 19 heavy (non-hydrogen) atoms. The third kappa shape index (κ3) is 1.88. The van der Waals surface area contributed by atoms with Crippen LogP contribution in [0, 0.1) is 6.92 Å². The molecule has 6 nitrogen and oxygen atoms in total. The molecule has 100 valence electrons. The molecule has 3 rings (SSSR count). The first kappa shape index (κ1) is 12.1. The lowest BCUT2D eigenvalue weighted by Crippen LogP contribution is -2.32. The molecular weight excluding hydrogens is 242 g/mol. The third-order valence-corrected chi connectivity index (χ3v) is 3.74. The van der Waals surface area contributed by atoms with E-state index >= 15 is 0 Å². The van der Waals surface area contributed by atoms with Crippen LogP contribution in [0.5, 0.6) is 0 Å². The van der Waals surface area contributed by atoms with Crippen LogP contribution in [0.3, 0.4) is 0 Å². The van der Waals surface area contributed by atoms with E-state index in [2.05, 4.69) is 22.4 Å². The number of tetrazole rings is 1. The number of hydrogen-bond donors (Lipinski definition) is 1. The number of benzene rings is 1. The normalized spacial score (nSPS) is 22.8. The molecule has 0 spiro atoms. The lowest BCUT2D eigenvalue weighted by atomic mass is 10.0. The van der Waals surface area contributed by atoms with Crippen LogP contribution in [0.25, 0.3) is 11.4 Å². The van der Waals surface area contributed by atoms with Crippen LogP contribution in [0.15, 0.2) is 18.2 Å². The first-order chi connectivity index (χ1) is 9.12. The zero-order chi connectivity index (χ0) is 13.5. The van der Waals surface area contributed by atoms with Crippen molar-refractivity contribution in [3.63, 3.8) is 0 Å². The predicted molar refractivity (Wildman–Crippen MR) is 71.5 cm³/mol. The molecule has 1 saturated heterocycles. The number of para-hydroxylation sites is 1. The molecule has 1 aromatic carbocycles. The van der Waals surface area contributed by atoms with Crippen molar-refractivity contribution in [3.8, 4) is 11.4 Å². The summed E-state index contributed by atoms with van der Waals surface area (Å²) in [5.41, 5.74) is 8.57. The first-order valence-corrected chi connectivity index (χ1v) is 6.34. The minimum Gasteiger partial charge on any atom is -0.398 e. The van der Waals surface area contributed by atoms with E-state index in [4.69, 9.17) is 10.5 Å². The summed E-state index contributed by atoms with van der Waals surface area (Å²) in [6.07, 6.45) is 0.900. The van der Waals surface area contributed by atoms with Gasteiger partial charge in [0.2, 0.25) is 0 Å². The quantitative estimate of drug-likeness (QED) is 0.824. The van der Waals surface area contributed by atoms with Gasteiger partial charge < -0.3 is 10.5 Å². The smallest absolute Gasteiger partial charge is 0.184 e. The van der Waals surface area contributed by atoms with Crippen LogP contribution >= 0.6 is 0 Å². The molecule has 2 N–H and O–H groups in total. The van der Waals surface area contributed by atoms with E-state index in [0.717, 1.165) is 29.8 Å². The lowest BCUT2D eigenvalue weighted by Gasteiger charge is -2.23. The highest BCUT2D eigenvalue weighted by molar-refractivity contribution is 5.74. The Morgan fingerprint density at radius 3 is 3.00 bits per heavy atom. The molecule has 0 amide bonds. The number of rotatable bonds is 2. The highest BCUT2D eigenvalue weighted by Gasteiger charge is 2.35. The van der Waals surface area contributed by atoms with Crippen molar-refractivity contribution in [2.45, 2.75) is 25.8 Å². The minimum atomic E-state index is -0.199.